The number of aromatic nitrogens is 2. The van der Waals surface area contributed by atoms with Gasteiger partial charge in [0.2, 0.25) is 0 Å². The number of rotatable bonds is 5. The maximum absolute atomic E-state index is 11.9. The topological polar surface area (TPSA) is 92.2 Å². The number of amides is 1. The first-order valence-electron chi connectivity index (χ1n) is 6.05. The summed E-state index contributed by atoms with van der Waals surface area (Å²) in [7, 11) is 0. The third-order valence-corrected chi connectivity index (χ3v) is 3.85. The van der Waals surface area contributed by atoms with E-state index in [4.69, 9.17) is 16.7 Å². The number of nitrogens with one attached hydrogen (secondary N) is 1. The number of pyridine rings is 1. The maximum atomic E-state index is 11.9. The van der Waals surface area contributed by atoms with Crippen molar-refractivity contribution in [2.24, 2.45) is 0 Å². The molecule has 0 aliphatic heterocycles. The first kappa shape index (κ1) is 15.4. The van der Waals surface area contributed by atoms with E-state index >= 15 is 0 Å². The lowest BCUT2D eigenvalue weighted by Crippen LogP contribution is -2.26. The largest absolute Gasteiger partial charge is 0.476 e. The fourth-order valence-electron chi connectivity index (χ4n) is 1.60. The van der Waals surface area contributed by atoms with Crippen LogP contribution in [0.5, 0.6) is 0 Å². The predicted molar refractivity (Wildman–Crippen MR) is 79.1 cm³/mol. The molecular formula is C13H12ClN3O3S. The van der Waals surface area contributed by atoms with Gasteiger partial charge in [0.1, 0.15) is 0 Å². The van der Waals surface area contributed by atoms with Crippen LogP contribution in [-0.4, -0.2) is 33.5 Å². The summed E-state index contributed by atoms with van der Waals surface area (Å²) in [4.78, 5) is 30.6. The Hall–Kier alpha value is -1.99. The van der Waals surface area contributed by atoms with Gasteiger partial charge < -0.3 is 10.4 Å². The van der Waals surface area contributed by atoms with Crippen molar-refractivity contribution in [2.45, 2.75) is 13.3 Å². The molecule has 21 heavy (non-hydrogen) atoms. The lowest BCUT2D eigenvalue weighted by atomic mass is 10.2. The lowest BCUT2D eigenvalue weighted by Gasteiger charge is -2.06. The van der Waals surface area contributed by atoms with Crippen molar-refractivity contribution in [3.8, 4) is 0 Å². The van der Waals surface area contributed by atoms with Gasteiger partial charge >= 0.3 is 5.97 Å². The van der Waals surface area contributed by atoms with Crippen LogP contribution >= 0.6 is 22.9 Å². The highest BCUT2D eigenvalue weighted by Crippen LogP contribution is 2.15. The van der Waals surface area contributed by atoms with Crippen LogP contribution in [0.25, 0.3) is 0 Å². The molecule has 0 radical (unpaired) electrons. The quantitative estimate of drug-likeness (QED) is 0.879. The summed E-state index contributed by atoms with van der Waals surface area (Å²) in [5, 5.41) is 13.9. The van der Waals surface area contributed by atoms with Crippen LogP contribution in [0.4, 0.5) is 0 Å². The fourth-order valence-corrected chi connectivity index (χ4v) is 2.66. The molecule has 2 rings (SSSR count). The van der Waals surface area contributed by atoms with E-state index in [1.807, 2.05) is 0 Å². The molecule has 110 valence electrons. The van der Waals surface area contributed by atoms with Gasteiger partial charge in [-0.2, -0.15) is 0 Å². The molecule has 0 unspecified atom stereocenters. The van der Waals surface area contributed by atoms with Crippen molar-refractivity contribution in [1.82, 2.24) is 15.3 Å². The Morgan fingerprint density at radius 2 is 2.24 bits per heavy atom. The molecule has 6 nitrogen and oxygen atoms in total. The summed E-state index contributed by atoms with van der Waals surface area (Å²) in [5.74, 6) is -1.37. The number of hydrogen-bond acceptors (Lipinski definition) is 5. The van der Waals surface area contributed by atoms with Crippen molar-refractivity contribution in [3.63, 3.8) is 0 Å². The molecule has 2 N–H and O–H groups in total. The second-order valence-electron chi connectivity index (χ2n) is 4.24. The normalized spacial score (nSPS) is 10.4. The molecule has 0 aliphatic carbocycles. The van der Waals surface area contributed by atoms with Crippen molar-refractivity contribution < 1.29 is 14.7 Å². The molecule has 0 saturated heterocycles. The van der Waals surface area contributed by atoms with Crippen LogP contribution in [0.15, 0.2) is 17.6 Å². The van der Waals surface area contributed by atoms with Crippen molar-refractivity contribution in [1.29, 1.82) is 0 Å². The van der Waals surface area contributed by atoms with Crippen LogP contribution < -0.4 is 5.32 Å². The van der Waals surface area contributed by atoms with E-state index in [2.05, 4.69) is 15.3 Å². The lowest BCUT2D eigenvalue weighted by molar-refractivity contribution is 0.0690. The van der Waals surface area contributed by atoms with E-state index in [0.29, 0.717) is 28.6 Å². The van der Waals surface area contributed by atoms with Gasteiger partial charge in [0.25, 0.3) is 5.91 Å². The molecule has 0 aliphatic rings. The van der Waals surface area contributed by atoms with Crippen LogP contribution in [0.1, 0.15) is 31.5 Å². The van der Waals surface area contributed by atoms with Gasteiger partial charge in [-0.15, -0.1) is 11.3 Å². The summed E-state index contributed by atoms with van der Waals surface area (Å²) in [6, 6.07) is 1.62. The third-order valence-electron chi connectivity index (χ3n) is 2.63. The number of hydrogen-bond donors (Lipinski definition) is 2. The van der Waals surface area contributed by atoms with E-state index in [1.54, 1.807) is 13.0 Å². The molecule has 0 saturated carbocycles. The number of carboxylic acid groups (broad SMARTS) is 1. The highest BCUT2D eigenvalue weighted by Gasteiger charge is 2.12. The zero-order valence-corrected chi connectivity index (χ0v) is 12.7. The smallest absolute Gasteiger partial charge is 0.355 e. The average molecular weight is 326 g/mol. The van der Waals surface area contributed by atoms with Gasteiger partial charge in [0.05, 0.1) is 15.6 Å². The van der Waals surface area contributed by atoms with Crippen molar-refractivity contribution in [3.05, 3.63) is 44.6 Å². The molecular weight excluding hydrogens is 314 g/mol. The standard InChI is InChI=1S/C13H12ClN3O3S/c1-7-4-9(14)8(5-16-7)12(18)15-3-2-11-17-10(6-21-11)13(19)20/h4-6H,2-3H2,1H3,(H,15,18)(H,19,20). The van der Waals surface area contributed by atoms with Gasteiger partial charge in [0.15, 0.2) is 5.69 Å². The van der Waals surface area contributed by atoms with E-state index < -0.39 is 5.97 Å². The number of aryl methyl sites for hydroxylation is 1. The molecule has 0 spiro atoms. The summed E-state index contributed by atoms with van der Waals surface area (Å²) in [6.07, 6.45) is 1.89. The first-order valence-corrected chi connectivity index (χ1v) is 7.31. The summed E-state index contributed by atoms with van der Waals surface area (Å²) >= 11 is 7.23. The minimum Gasteiger partial charge on any atom is -0.476 e. The zero-order valence-electron chi connectivity index (χ0n) is 11.1. The van der Waals surface area contributed by atoms with Crippen LogP contribution in [0.3, 0.4) is 0 Å². The van der Waals surface area contributed by atoms with E-state index in [1.165, 1.54) is 22.9 Å². The summed E-state index contributed by atoms with van der Waals surface area (Å²) < 4.78 is 0. The third kappa shape index (κ3) is 3.99. The Bertz CT molecular complexity index is 687. The Morgan fingerprint density at radius 3 is 2.86 bits per heavy atom. The van der Waals surface area contributed by atoms with Crippen LogP contribution in [0, 0.1) is 6.92 Å². The molecule has 2 aromatic heterocycles. The van der Waals surface area contributed by atoms with Crippen molar-refractivity contribution >= 4 is 34.8 Å². The van der Waals surface area contributed by atoms with Gasteiger partial charge in [0, 0.05) is 30.2 Å². The van der Waals surface area contributed by atoms with Gasteiger partial charge in [-0.1, -0.05) is 11.6 Å². The molecule has 2 aromatic rings. The summed E-state index contributed by atoms with van der Waals surface area (Å²) in [5.41, 5.74) is 1.07. The minimum atomic E-state index is -1.06. The Balaban J connectivity index is 1.90. The Kier molecular flexibility index (Phi) is 4.87. The predicted octanol–water partition coefficient (Wildman–Crippen LogP) is 2.17. The summed E-state index contributed by atoms with van der Waals surface area (Å²) in [6.45, 7) is 2.13. The van der Waals surface area contributed by atoms with Gasteiger partial charge in [-0.3, -0.25) is 9.78 Å². The number of nitrogens with zero attached hydrogens (tertiary/aromatic N) is 2. The number of carbonyl (C=O) groups excluding carboxylic acids is 1. The SMILES string of the molecule is Cc1cc(Cl)c(C(=O)NCCc2nc(C(=O)O)cs2)cn1. The van der Waals surface area contributed by atoms with Crippen LogP contribution in [-0.2, 0) is 6.42 Å². The monoisotopic (exact) mass is 325 g/mol. The molecule has 0 aromatic carbocycles. The molecule has 1 amide bonds. The maximum Gasteiger partial charge on any atom is 0.355 e. The zero-order chi connectivity index (χ0) is 15.4. The van der Waals surface area contributed by atoms with Gasteiger partial charge in [-0.05, 0) is 13.0 Å². The van der Waals surface area contributed by atoms with Gasteiger partial charge in [-0.25, -0.2) is 9.78 Å². The average Bonchev–Trinajstić information content (AvgIpc) is 2.87. The number of halogens is 1. The van der Waals surface area contributed by atoms with E-state index in [-0.39, 0.29) is 11.6 Å². The second kappa shape index (κ2) is 6.64. The molecule has 2 heterocycles. The molecule has 0 atom stereocenters. The fraction of sp³-hybridized carbons (Fsp3) is 0.231. The van der Waals surface area contributed by atoms with Crippen molar-refractivity contribution in [2.75, 3.05) is 6.54 Å². The first-order chi connectivity index (χ1) is 9.97. The highest BCUT2D eigenvalue weighted by molar-refractivity contribution is 7.09. The van der Waals surface area contributed by atoms with E-state index in [9.17, 15) is 9.59 Å². The Labute approximate surface area is 129 Å². The minimum absolute atomic E-state index is 0.0205. The molecule has 0 fully saturated rings. The Morgan fingerprint density at radius 1 is 1.48 bits per heavy atom. The number of carbonyl (C=O) groups is 2. The number of thiazole rings is 1. The van der Waals surface area contributed by atoms with Crippen LogP contribution in [0.2, 0.25) is 5.02 Å². The number of carboxylic acids is 1. The highest BCUT2D eigenvalue weighted by atomic mass is 35.5. The molecule has 0 bridgehead atoms. The number of aromatic carboxylic acids is 1. The second-order valence-corrected chi connectivity index (χ2v) is 5.59. The van der Waals surface area contributed by atoms with E-state index in [0.717, 1.165) is 5.69 Å². The molecule has 8 heteroatoms.